The second-order valence-electron chi connectivity index (χ2n) is 6.23. The summed E-state index contributed by atoms with van der Waals surface area (Å²) in [5.74, 6) is 0.249. The maximum atomic E-state index is 14.1. The lowest BCUT2D eigenvalue weighted by Crippen LogP contribution is -2.22. The van der Waals surface area contributed by atoms with Crippen LogP contribution in [0.25, 0.3) is 0 Å². The zero-order valence-electron chi connectivity index (χ0n) is 13.1. The van der Waals surface area contributed by atoms with Crippen LogP contribution in [0.1, 0.15) is 11.6 Å². The molecule has 2 aromatic carbocycles. The van der Waals surface area contributed by atoms with Crippen molar-refractivity contribution >= 4 is 12.6 Å². The first kappa shape index (κ1) is 14.7. The van der Waals surface area contributed by atoms with Gasteiger partial charge in [0.15, 0.2) is 7.29 Å². The average molecular weight is 321 g/mol. The van der Waals surface area contributed by atoms with Crippen molar-refractivity contribution in [3.63, 3.8) is 0 Å². The Kier molecular flexibility index (Phi) is 3.60. The van der Waals surface area contributed by atoms with Crippen LogP contribution in [0.2, 0.25) is 0 Å². The monoisotopic (exact) mass is 321 g/mol. The van der Waals surface area contributed by atoms with Crippen LogP contribution >= 0.6 is 7.29 Å². The summed E-state index contributed by atoms with van der Waals surface area (Å²) in [6, 6.07) is 20.5. The van der Waals surface area contributed by atoms with Crippen molar-refractivity contribution in [3.8, 4) is 0 Å². The zero-order chi connectivity index (χ0) is 15.9. The van der Waals surface area contributed by atoms with Gasteiger partial charge in [-0.05, 0) is 12.6 Å². The van der Waals surface area contributed by atoms with Gasteiger partial charge in [0.2, 0.25) is 0 Å². The Bertz CT molecular complexity index is 797. The standard InChI is InChI=1S/C20H20NOP/c1-21-20(16-10-4-2-5-11-16)18-14-8-9-15-19(18)23(21,22)17-12-6-3-7-13-17/h2-15,18-20H,1H3/t18-,19+,20+,23-/m0/s1. The fraction of sp³-hybridized carbons (Fsp3) is 0.200. The Morgan fingerprint density at radius 3 is 2.17 bits per heavy atom. The molecule has 2 nitrogen and oxygen atoms in total. The molecule has 2 aliphatic rings. The molecule has 1 aliphatic carbocycles. The molecule has 1 saturated heterocycles. The van der Waals surface area contributed by atoms with Crippen molar-refractivity contribution in [2.75, 3.05) is 7.05 Å². The van der Waals surface area contributed by atoms with Crippen LogP contribution in [0.15, 0.2) is 85.0 Å². The van der Waals surface area contributed by atoms with Crippen molar-refractivity contribution in [1.82, 2.24) is 4.67 Å². The number of benzene rings is 2. The Hall–Kier alpha value is -1.89. The van der Waals surface area contributed by atoms with Crippen LogP contribution in [-0.4, -0.2) is 17.4 Å². The highest BCUT2D eigenvalue weighted by atomic mass is 31.2. The smallest absolute Gasteiger partial charge is 0.186 e. The van der Waals surface area contributed by atoms with Crippen molar-refractivity contribution in [2.45, 2.75) is 11.7 Å². The normalized spacial score (nSPS) is 32.8. The summed E-state index contributed by atoms with van der Waals surface area (Å²) in [5, 5.41) is 0.955. The van der Waals surface area contributed by atoms with Gasteiger partial charge in [0, 0.05) is 17.3 Å². The summed E-state index contributed by atoms with van der Waals surface area (Å²) >= 11 is 0. The van der Waals surface area contributed by atoms with Crippen molar-refractivity contribution < 1.29 is 4.57 Å². The van der Waals surface area contributed by atoms with Gasteiger partial charge in [-0.1, -0.05) is 85.0 Å². The van der Waals surface area contributed by atoms with E-state index in [1.54, 1.807) is 0 Å². The van der Waals surface area contributed by atoms with Gasteiger partial charge >= 0.3 is 0 Å². The van der Waals surface area contributed by atoms with E-state index in [1.807, 2.05) is 49.5 Å². The van der Waals surface area contributed by atoms with Crippen LogP contribution in [0.4, 0.5) is 0 Å². The minimum Gasteiger partial charge on any atom is -0.301 e. The molecule has 116 valence electrons. The first-order chi connectivity index (χ1) is 11.2. The molecule has 1 aliphatic heterocycles. The van der Waals surface area contributed by atoms with Crippen molar-refractivity contribution in [1.29, 1.82) is 0 Å². The summed E-state index contributed by atoms with van der Waals surface area (Å²) in [6.07, 6.45) is 8.49. The van der Waals surface area contributed by atoms with Gasteiger partial charge < -0.3 is 4.57 Å². The van der Waals surface area contributed by atoms with Gasteiger partial charge in [-0.25, -0.2) is 4.67 Å². The van der Waals surface area contributed by atoms with Gasteiger partial charge in [-0.15, -0.1) is 0 Å². The number of hydrogen-bond acceptors (Lipinski definition) is 1. The summed E-state index contributed by atoms with van der Waals surface area (Å²) in [7, 11) is -0.652. The third kappa shape index (κ3) is 2.17. The summed E-state index contributed by atoms with van der Waals surface area (Å²) < 4.78 is 16.3. The van der Waals surface area contributed by atoms with Crippen LogP contribution in [0, 0.1) is 5.92 Å². The Morgan fingerprint density at radius 1 is 0.870 bits per heavy atom. The van der Waals surface area contributed by atoms with E-state index in [1.165, 1.54) is 5.56 Å². The van der Waals surface area contributed by atoms with Gasteiger partial charge in [0.25, 0.3) is 0 Å². The molecule has 0 bridgehead atoms. The molecule has 4 atom stereocenters. The molecule has 0 radical (unpaired) electrons. The molecule has 0 aromatic heterocycles. The van der Waals surface area contributed by atoms with Crippen LogP contribution < -0.4 is 5.30 Å². The minimum atomic E-state index is -2.67. The molecular weight excluding hydrogens is 301 g/mol. The predicted molar refractivity (Wildman–Crippen MR) is 96.2 cm³/mol. The Balaban J connectivity index is 1.87. The molecule has 4 rings (SSSR count). The number of fused-ring (bicyclic) bond motifs is 1. The number of nitrogens with zero attached hydrogens (tertiary/aromatic N) is 1. The van der Waals surface area contributed by atoms with Gasteiger partial charge in [0.05, 0.1) is 5.66 Å². The number of allylic oxidation sites excluding steroid dienone is 3. The maximum absolute atomic E-state index is 14.1. The lowest BCUT2D eigenvalue weighted by molar-refractivity contribution is 0.361. The van der Waals surface area contributed by atoms with Gasteiger partial charge in [0.1, 0.15) is 0 Å². The molecule has 1 heterocycles. The molecule has 1 fully saturated rings. The van der Waals surface area contributed by atoms with E-state index in [0.717, 1.165) is 5.30 Å². The largest absolute Gasteiger partial charge is 0.301 e. The average Bonchev–Trinajstić information content (AvgIpc) is 2.86. The minimum absolute atomic E-state index is 0.0464. The quantitative estimate of drug-likeness (QED) is 0.765. The second-order valence-corrected chi connectivity index (χ2v) is 9.21. The van der Waals surface area contributed by atoms with Crippen LogP contribution in [0.5, 0.6) is 0 Å². The third-order valence-electron chi connectivity index (χ3n) is 5.05. The molecule has 0 unspecified atom stereocenters. The van der Waals surface area contributed by atoms with E-state index in [9.17, 15) is 4.57 Å². The summed E-state index contributed by atoms with van der Waals surface area (Å²) in [6.45, 7) is 0. The molecule has 0 N–H and O–H groups in total. The maximum Gasteiger partial charge on any atom is 0.186 e. The highest BCUT2D eigenvalue weighted by Gasteiger charge is 2.54. The van der Waals surface area contributed by atoms with Crippen LogP contribution in [0.3, 0.4) is 0 Å². The lowest BCUT2D eigenvalue weighted by Gasteiger charge is -2.27. The number of hydrogen-bond donors (Lipinski definition) is 0. The topological polar surface area (TPSA) is 20.3 Å². The molecule has 0 saturated carbocycles. The molecule has 2 aromatic rings. The second kappa shape index (κ2) is 5.63. The fourth-order valence-corrected chi connectivity index (χ4v) is 7.43. The molecule has 0 amide bonds. The first-order valence-electron chi connectivity index (χ1n) is 8.01. The van der Waals surface area contributed by atoms with Gasteiger partial charge in [-0.3, -0.25) is 0 Å². The first-order valence-corrected chi connectivity index (χ1v) is 9.74. The van der Waals surface area contributed by atoms with E-state index < -0.39 is 7.29 Å². The molecule has 3 heteroatoms. The van der Waals surface area contributed by atoms with E-state index in [0.29, 0.717) is 0 Å². The summed E-state index contributed by atoms with van der Waals surface area (Å²) in [4.78, 5) is 0. The Labute approximate surface area is 137 Å². The Morgan fingerprint density at radius 2 is 1.48 bits per heavy atom. The number of rotatable bonds is 2. The zero-order valence-corrected chi connectivity index (χ0v) is 14.0. The van der Waals surface area contributed by atoms with E-state index in [4.69, 9.17) is 0 Å². The van der Waals surface area contributed by atoms with E-state index in [2.05, 4.69) is 47.2 Å². The van der Waals surface area contributed by atoms with Crippen molar-refractivity contribution in [2.24, 2.45) is 5.92 Å². The van der Waals surface area contributed by atoms with E-state index >= 15 is 0 Å². The summed E-state index contributed by atoms with van der Waals surface area (Å²) in [5.41, 5.74) is 1.28. The highest BCUT2D eigenvalue weighted by molar-refractivity contribution is 7.70. The van der Waals surface area contributed by atoms with Gasteiger partial charge in [-0.2, -0.15) is 0 Å². The molecule has 0 spiro atoms. The fourth-order valence-electron chi connectivity index (χ4n) is 3.98. The predicted octanol–water partition coefficient (Wildman–Crippen LogP) is 4.39. The third-order valence-corrected chi connectivity index (χ3v) is 8.60. The molecular formula is C20H20NOP. The lowest BCUT2D eigenvalue weighted by atomic mass is 9.88. The van der Waals surface area contributed by atoms with Crippen molar-refractivity contribution in [3.05, 3.63) is 90.5 Å². The highest BCUT2D eigenvalue weighted by Crippen LogP contribution is 2.67. The van der Waals surface area contributed by atoms with Crippen LogP contribution in [-0.2, 0) is 4.57 Å². The van der Waals surface area contributed by atoms with E-state index in [-0.39, 0.29) is 17.6 Å². The molecule has 23 heavy (non-hydrogen) atoms. The SMILES string of the molecule is CN1[C@H](c2ccccc2)[C@H]2C=CC=C[C@H]2[P@@]1(=O)c1ccccc1.